The normalized spacial score (nSPS) is 18.7. The highest BCUT2D eigenvalue weighted by Crippen LogP contribution is 2.39. The number of benzene rings is 2. The van der Waals surface area contributed by atoms with Crippen LogP contribution in [-0.2, 0) is 32.0 Å². The van der Waals surface area contributed by atoms with Crippen molar-refractivity contribution in [3.05, 3.63) is 64.2 Å². The number of amides is 2. The Kier molecular flexibility index (Phi) is 10.0. The second-order valence-corrected chi connectivity index (χ2v) is 12.9. The minimum absolute atomic E-state index is 0.0433. The van der Waals surface area contributed by atoms with Gasteiger partial charge in [-0.1, -0.05) is 30.9 Å². The van der Waals surface area contributed by atoms with Crippen molar-refractivity contribution in [3.63, 3.8) is 0 Å². The van der Waals surface area contributed by atoms with Gasteiger partial charge in [0.25, 0.3) is 15.9 Å². The Labute approximate surface area is 250 Å². The zero-order valence-electron chi connectivity index (χ0n) is 22.8. The van der Waals surface area contributed by atoms with Crippen molar-refractivity contribution in [2.24, 2.45) is 5.92 Å². The lowest BCUT2D eigenvalue weighted by Gasteiger charge is -2.37. The highest BCUT2D eigenvalue weighted by Gasteiger charge is 2.41. The topological polar surface area (TPSA) is 95.6 Å². The number of hydrogen-bond donors (Lipinski definition) is 2. The van der Waals surface area contributed by atoms with Crippen molar-refractivity contribution >= 4 is 33.4 Å². The van der Waals surface area contributed by atoms with E-state index in [1.54, 1.807) is 4.72 Å². The van der Waals surface area contributed by atoms with E-state index in [1.807, 2.05) is 0 Å². The molecule has 2 aromatic rings. The summed E-state index contributed by atoms with van der Waals surface area (Å²) in [6.07, 6.45) is -5.25. The summed E-state index contributed by atoms with van der Waals surface area (Å²) in [5.74, 6) is -2.02. The van der Waals surface area contributed by atoms with E-state index in [4.69, 9.17) is 11.6 Å². The van der Waals surface area contributed by atoms with Gasteiger partial charge in [-0.3, -0.25) is 14.5 Å². The summed E-state index contributed by atoms with van der Waals surface area (Å²) >= 11 is 5.79. The molecule has 1 saturated heterocycles. The molecule has 2 amide bonds. The van der Waals surface area contributed by atoms with Crippen LogP contribution in [0.5, 0.6) is 0 Å². The van der Waals surface area contributed by atoms with Crippen LogP contribution in [0.2, 0.25) is 5.02 Å². The maximum absolute atomic E-state index is 13.7. The largest absolute Gasteiger partial charge is 0.416 e. The monoisotopic (exact) mass is 653 g/mol. The Balaban J connectivity index is 1.64. The van der Waals surface area contributed by atoms with Crippen molar-refractivity contribution in [1.29, 1.82) is 0 Å². The van der Waals surface area contributed by atoms with Gasteiger partial charge in [0, 0.05) is 17.0 Å². The quantitative estimate of drug-likeness (QED) is 0.353. The smallest absolute Gasteiger partial charge is 0.353 e. The van der Waals surface area contributed by atoms with E-state index in [9.17, 15) is 44.3 Å². The third-order valence-corrected chi connectivity index (χ3v) is 9.36. The van der Waals surface area contributed by atoms with Gasteiger partial charge in [-0.15, -0.1) is 0 Å². The van der Waals surface area contributed by atoms with Crippen LogP contribution < -0.4 is 10.0 Å². The number of carbonyl (C=O) groups is 2. The molecule has 15 heteroatoms. The molecular weight excluding hydrogens is 624 g/mol. The number of sulfonamides is 1. The van der Waals surface area contributed by atoms with Crippen LogP contribution in [0, 0.1) is 5.92 Å². The fraction of sp³-hybridized carbons (Fsp3) is 0.500. The van der Waals surface area contributed by atoms with Crippen molar-refractivity contribution in [2.75, 3.05) is 13.1 Å². The molecule has 43 heavy (non-hydrogen) atoms. The number of nitrogens with one attached hydrogen (secondary N) is 2. The van der Waals surface area contributed by atoms with E-state index in [-0.39, 0.29) is 53.9 Å². The molecule has 2 aliphatic rings. The van der Waals surface area contributed by atoms with Crippen LogP contribution in [0.4, 0.5) is 26.3 Å². The van der Waals surface area contributed by atoms with Crippen LogP contribution in [0.15, 0.2) is 47.4 Å². The number of likely N-dealkylation sites (tertiary alicyclic amines) is 1. The molecule has 0 aromatic heterocycles. The molecule has 2 N–H and O–H groups in total. The highest BCUT2D eigenvalue weighted by atomic mass is 35.5. The van der Waals surface area contributed by atoms with Gasteiger partial charge in [0.15, 0.2) is 0 Å². The molecule has 2 aromatic carbocycles. The fourth-order valence-corrected chi connectivity index (χ4v) is 6.63. The summed E-state index contributed by atoms with van der Waals surface area (Å²) in [5, 5.41) is 3.21. The Morgan fingerprint density at radius 2 is 1.37 bits per heavy atom. The Morgan fingerprint density at radius 1 is 0.837 bits per heavy atom. The minimum Gasteiger partial charge on any atom is -0.353 e. The molecule has 0 unspecified atom stereocenters. The third kappa shape index (κ3) is 8.42. The Bertz CT molecular complexity index is 1390. The lowest BCUT2D eigenvalue weighted by molar-refractivity contribution is -0.143. The number of halogens is 7. The molecule has 2 fully saturated rings. The maximum Gasteiger partial charge on any atom is 0.416 e. The van der Waals surface area contributed by atoms with Crippen LogP contribution in [-0.4, -0.2) is 44.3 Å². The first-order valence-electron chi connectivity index (χ1n) is 13.7. The molecule has 1 saturated carbocycles. The van der Waals surface area contributed by atoms with Gasteiger partial charge in [-0.25, -0.2) is 13.1 Å². The maximum atomic E-state index is 13.7. The van der Waals surface area contributed by atoms with Gasteiger partial charge in [0.05, 0.1) is 16.0 Å². The molecule has 4 rings (SSSR count). The van der Waals surface area contributed by atoms with Crippen LogP contribution in [0.25, 0.3) is 0 Å². The zero-order chi connectivity index (χ0) is 31.6. The van der Waals surface area contributed by atoms with Gasteiger partial charge in [-0.05, 0) is 86.8 Å². The molecule has 0 spiro atoms. The summed E-state index contributed by atoms with van der Waals surface area (Å²) in [5.41, 5.74) is -3.97. The van der Waals surface area contributed by atoms with E-state index >= 15 is 0 Å². The molecule has 0 bridgehead atoms. The van der Waals surface area contributed by atoms with E-state index in [1.165, 1.54) is 17.0 Å². The standard InChI is InChI=1S/C28H30ClF6N3O4S/c29-21-6-8-23(9-7-21)43(41,42)37-26(40)24(18-14-19(27(30,31)32)16-20(15-18)28(33,34)35)38-12-10-17(11-13-38)25(39)36-22-4-2-1-3-5-22/h6-9,14-17,22,24H,1-5,10-13H2,(H,36,39)(H,37,40)/t24-/m1/s1. The lowest BCUT2D eigenvalue weighted by Crippen LogP contribution is -2.48. The summed E-state index contributed by atoms with van der Waals surface area (Å²) in [6.45, 7) is -0.112. The van der Waals surface area contributed by atoms with Crippen molar-refractivity contribution in [2.45, 2.75) is 74.3 Å². The number of alkyl halides is 6. The fourth-order valence-electron chi connectivity index (χ4n) is 5.51. The van der Waals surface area contributed by atoms with Crippen molar-refractivity contribution in [1.82, 2.24) is 14.9 Å². The molecular formula is C28H30ClF6N3O4S. The van der Waals surface area contributed by atoms with Gasteiger partial charge in [-0.2, -0.15) is 26.3 Å². The van der Waals surface area contributed by atoms with Crippen LogP contribution in [0.1, 0.15) is 67.7 Å². The number of hydrogen-bond acceptors (Lipinski definition) is 5. The first kappa shape index (κ1) is 33.1. The van der Waals surface area contributed by atoms with Gasteiger partial charge in [0.2, 0.25) is 5.91 Å². The van der Waals surface area contributed by atoms with Crippen LogP contribution >= 0.6 is 11.6 Å². The summed E-state index contributed by atoms with van der Waals surface area (Å²) in [4.78, 5) is 27.3. The predicted molar refractivity (Wildman–Crippen MR) is 145 cm³/mol. The molecule has 1 heterocycles. The summed E-state index contributed by atoms with van der Waals surface area (Å²) < 4.78 is 110. The van der Waals surface area contributed by atoms with E-state index < -0.39 is 56.9 Å². The lowest BCUT2D eigenvalue weighted by atomic mass is 9.90. The molecule has 1 aliphatic carbocycles. The van der Waals surface area contributed by atoms with Crippen molar-refractivity contribution < 1.29 is 44.3 Å². The zero-order valence-corrected chi connectivity index (χ0v) is 24.3. The van der Waals surface area contributed by atoms with Crippen molar-refractivity contribution in [3.8, 4) is 0 Å². The SMILES string of the molecule is O=C(NC1CCCCC1)C1CCN([C@@H](C(=O)NS(=O)(=O)c2ccc(Cl)cc2)c2cc(C(F)(F)F)cc(C(F)(F)F)c2)CC1. The molecule has 1 aliphatic heterocycles. The van der Waals surface area contributed by atoms with Gasteiger partial charge >= 0.3 is 12.4 Å². The number of piperidine rings is 1. The number of carbonyl (C=O) groups excluding carboxylic acids is 2. The third-order valence-electron chi connectivity index (χ3n) is 7.75. The predicted octanol–water partition coefficient (Wildman–Crippen LogP) is 6.08. The van der Waals surface area contributed by atoms with E-state index in [0.29, 0.717) is 12.1 Å². The molecule has 1 atom stereocenters. The first-order valence-corrected chi connectivity index (χ1v) is 15.6. The average Bonchev–Trinajstić information content (AvgIpc) is 2.93. The highest BCUT2D eigenvalue weighted by molar-refractivity contribution is 7.90. The van der Waals surface area contributed by atoms with E-state index in [2.05, 4.69) is 5.32 Å². The molecule has 236 valence electrons. The summed E-state index contributed by atoms with van der Waals surface area (Å²) in [6, 6.07) is 3.63. The number of nitrogens with zero attached hydrogens (tertiary/aromatic N) is 1. The van der Waals surface area contributed by atoms with Gasteiger partial charge < -0.3 is 5.32 Å². The van der Waals surface area contributed by atoms with Gasteiger partial charge in [0.1, 0.15) is 6.04 Å². The Hall–Kier alpha value is -2.84. The van der Waals surface area contributed by atoms with Crippen LogP contribution in [0.3, 0.4) is 0 Å². The molecule has 7 nitrogen and oxygen atoms in total. The first-order chi connectivity index (χ1) is 20.0. The second-order valence-electron chi connectivity index (χ2n) is 10.8. The minimum atomic E-state index is -5.18. The second kappa shape index (κ2) is 13.0. The Morgan fingerprint density at radius 3 is 1.88 bits per heavy atom. The molecule has 0 radical (unpaired) electrons. The number of rotatable bonds is 7. The summed E-state index contributed by atoms with van der Waals surface area (Å²) in [7, 11) is -4.58. The average molecular weight is 654 g/mol. The van der Waals surface area contributed by atoms with E-state index in [0.717, 1.165) is 44.2 Å².